The van der Waals surface area contributed by atoms with E-state index in [2.05, 4.69) is 24.1 Å². The van der Waals surface area contributed by atoms with E-state index in [1.807, 2.05) is 36.4 Å². The molecule has 0 saturated heterocycles. The van der Waals surface area contributed by atoms with Gasteiger partial charge in [0.2, 0.25) is 0 Å². The summed E-state index contributed by atoms with van der Waals surface area (Å²) in [4.78, 5) is 23.3. The van der Waals surface area contributed by atoms with E-state index in [4.69, 9.17) is 10.5 Å². The Morgan fingerprint density at radius 2 is 1.65 bits per heavy atom. The van der Waals surface area contributed by atoms with Gasteiger partial charge in [0.05, 0.1) is 12.3 Å². The Bertz CT molecular complexity index is 849. The quantitative estimate of drug-likeness (QED) is 0.475. The van der Waals surface area contributed by atoms with Crippen molar-refractivity contribution in [3.63, 3.8) is 0 Å². The van der Waals surface area contributed by atoms with E-state index in [1.165, 1.54) is 0 Å². The third kappa shape index (κ3) is 3.55. The average Bonchev–Trinajstić information content (AvgIpc) is 2.97. The molecule has 2 aromatic rings. The molecular formula is C21H19NO4. The fraction of sp³-hybridized carbons (Fsp3) is 0.238. The first kappa shape index (κ1) is 17.6. The Morgan fingerprint density at radius 1 is 1.08 bits per heavy atom. The van der Waals surface area contributed by atoms with Crippen LogP contribution in [0.1, 0.15) is 29.9 Å². The molecule has 3 rings (SSSR count). The number of carboxylic acid groups (broad SMARTS) is 1. The van der Waals surface area contributed by atoms with Crippen LogP contribution in [-0.4, -0.2) is 23.7 Å². The number of aliphatic carboxylic acids is 1. The molecule has 0 spiro atoms. The molecule has 3 N–H and O–H groups in total. The summed E-state index contributed by atoms with van der Waals surface area (Å²) < 4.78 is 5.42. The summed E-state index contributed by atoms with van der Waals surface area (Å²) in [5.74, 6) is -0.0863. The van der Waals surface area contributed by atoms with Gasteiger partial charge in [0, 0.05) is 18.4 Å². The van der Waals surface area contributed by atoms with Gasteiger partial charge in [-0.1, -0.05) is 54.5 Å². The largest absolute Gasteiger partial charge is 0.481 e. The molecule has 1 atom stereocenters. The number of benzene rings is 2. The van der Waals surface area contributed by atoms with E-state index in [1.54, 1.807) is 0 Å². The van der Waals surface area contributed by atoms with Gasteiger partial charge in [0.25, 0.3) is 0 Å². The zero-order valence-electron chi connectivity index (χ0n) is 14.1. The van der Waals surface area contributed by atoms with Gasteiger partial charge in [-0.25, -0.2) is 0 Å². The second kappa shape index (κ2) is 7.75. The van der Waals surface area contributed by atoms with Gasteiger partial charge >= 0.3 is 11.9 Å². The third-order valence-corrected chi connectivity index (χ3v) is 4.59. The lowest BCUT2D eigenvalue weighted by molar-refractivity contribution is -0.151. The molecule has 0 aromatic heterocycles. The molecular weight excluding hydrogens is 330 g/mol. The Labute approximate surface area is 151 Å². The summed E-state index contributed by atoms with van der Waals surface area (Å²) in [7, 11) is 0. The van der Waals surface area contributed by atoms with Gasteiger partial charge < -0.3 is 15.6 Å². The van der Waals surface area contributed by atoms with Gasteiger partial charge in [0.15, 0.2) is 0 Å². The van der Waals surface area contributed by atoms with E-state index in [9.17, 15) is 14.7 Å². The lowest BCUT2D eigenvalue weighted by atomic mass is 9.98. The van der Waals surface area contributed by atoms with Crippen LogP contribution in [0.3, 0.4) is 0 Å². The minimum atomic E-state index is -1.08. The molecule has 1 aliphatic rings. The number of carbonyl (C=O) groups excluding carboxylic acids is 1. The minimum absolute atomic E-state index is 0.0238. The van der Waals surface area contributed by atoms with Crippen molar-refractivity contribution in [2.24, 2.45) is 11.7 Å². The zero-order valence-corrected chi connectivity index (χ0v) is 14.1. The lowest BCUT2D eigenvalue weighted by Crippen LogP contribution is -2.20. The van der Waals surface area contributed by atoms with E-state index < -0.39 is 17.9 Å². The standard InChI is InChI=1S/C21H19NO4/c22-11-5-6-14(21(24)25)12-20(23)26-13-19-17-9-3-1-7-15(17)16-8-2-4-10-18(16)19/h1-4,7-10,14,19H,6,12-13,22H2,(H,24,25)/t14-/m0/s1. The smallest absolute Gasteiger partial charge is 0.308 e. The Morgan fingerprint density at radius 3 is 2.19 bits per heavy atom. The monoisotopic (exact) mass is 349 g/mol. The van der Waals surface area contributed by atoms with Crippen LogP contribution in [0.5, 0.6) is 0 Å². The second-order valence-electron chi connectivity index (χ2n) is 6.17. The van der Waals surface area contributed by atoms with Gasteiger partial charge in [-0.05, 0) is 22.3 Å². The molecule has 5 heteroatoms. The van der Waals surface area contributed by atoms with Crippen LogP contribution in [0.25, 0.3) is 11.1 Å². The number of esters is 1. The highest BCUT2D eigenvalue weighted by atomic mass is 16.5. The number of nitrogens with two attached hydrogens (primary N) is 1. The van der Waals surface area contributed by atoms with Crippen molar-refractivity contribution in [2.75, 3.05) is 6.61 Å². The summed E-state index contributed by atoms with van der Waals surface area (Å²) in [6.07, 6.45) is -0.198. The van der Waals surface area contributed by atoms with Crippen LogP contribution in [0.2, 0.25) is 0 Å². The predicted octanol–water partition coefficient (Wildman–Crippen LogP) is 2.74. The van der Waals surface area contributed by atoms with E-state index >= 15 is 0 Å². The summed E-state index contributed by atoms with van der Waals surface area (Å²) in [6.45, 7) is 0.182. The van der Waals surface area contributed by atoms with E-state index in [-0.39, 0.29) is 25.4 Å². The second-order valence-corrected chi connectivity index (χ2v) is 6.17. The molecule has 26 heavy (non-hydrogen) atoms. The molecule has 0 fully saturated rings. The molecule has 1 aliphatic carbocycles. The first-order chi connectivity index (χ1) is 12.6. The molecule has 0 radical (unpaired) electrons. The molecule has 5 nitrogen and oxygen atoms in total. The summed E-state index contributed by atoms with van der Waals surface area (Å²) >= 11 is 0. The van der Waals surface area contributed by atoms with Crippen molar-refractivity contribution < 1.29 is 19.4 Å². The van der Waals surface area contributed by atoms with Gasteiger partial charge in [-0.2, -0.15) is 0 Å². The maximum atomic E-state index is 12.1. The maximum Gasteiger partial charge on any atom is 0.308 e. The Kier molecular flexibility index (Phi) is 5.23. The van der Waals surface area contributed by atoms with Crippen molar-refractivity contribution in [1.82, 2.24) is 0 Å². The number of rotatable bonds is 6. The average molecular weight is 349 g/mol. The van der Waals surface area contributed by atoms with Crippen LogP contribution in [0.4, 0.5) is 0 Å². The molecule has 0 unspecified atom stereocenters. The van der Waals surface area contributed by atoms with E-state index in [0.29, 0.717) is 0 Å². The van der Waals surface area contributed by atoms with Crippen molar-refractivity contribution in [3.05, 3.63) is 59.7 Å². The third-order valence-electron chi connectivity index (χ3n) is 4.59. The van der Waals surface area contributed by atoms with Crippen LogP contribution < -0.4 is 5.73 Å². The van der Waals surface area contributed by atoms with Gasteiger partial charge in [0.1, 0.15) is 6.61 Å². The minimum Gasteiger partial charge on any atom is -0.481 e. The van der Waals surface area contributed by atoms with Crippen LogP contribution in [-0.2, 0) is 14.3 Å². The first-order valence-electron chi connectivity index (χ1n) is 8.37. The molecule has 2 aromatic carbocycles. The number of fused-ring (bicyclic) bond motifs is 3. The number of hydrogen-bond acceptors (Lipinski definition) is 4. The maximum absolute atomic E-state index is 12.1. The first-order valence-corrected chi connectivity index (χ1v) is 8.37. The number of carboxylic acids is 1. The van der Waals surface area contributed by atoms with E-state index in [0.717, 1.165) is 22.3 Å². The van der Waals surface area contributed by atoms with Crippen molar-refractivity contribution in [1.29, 1.82) is 0 Å². The van der Waals surface area contributed by atoms with Gasteiger partial charge in [-0.15, -0.1) is 0 Å². The number of carbonyl (C=O) groups is 2. The summed E-state index contributed by atoms with van der Waals surface area (Å²) in [5.41, 5.74) is 9.59. The molecule has 0 bridgehead atoms. The molecule has 0 amide bonds. The van der Waals surface area contributed by atoms with Crippen molar-refractivity contribution in [2.45, 2.75) is 18.8 Å². The fourth-order valence-electron chi connectivity index (χ4n) is 3.30. The van der Waals surface area contributed by atoms with Crippen LogP contribution in [0.15, 0.2) is 48.5 Å². The summed E-state index contributed by atoms with van der Waals surface area (Å²) in [6, 6.07) is 18.2. The Hall–Kier alpha value is -3.26. The van der Waals surface area contributed by atoms with Crippen molar-refractivity contribution in [3.8, 4) is 23.1 Å². The topological polar surface area (TPSA) is 89.6 Å². The molecule has 132 valence electrons. The van der Waals surface area contributed by atoms with Crippen LogP contribution in [0, 0.1) is 17.9 Å². The van der Waals surface area contributed by atoms with Crippen LogP contribution >= 0.6 is 0 Å². The summed E-state index contributed by atoms with van der Waals surface area (Å²) in [5, 5.41) is 9.17. The highest BCUT2D eigenvalue weighted by Gasteiger charge is 2.29. The molecule has 0 heterocycles. The Balaban J connectivity index is 1.70. The highest BCUT2D eigenvalue weighted by Crippen LogP contribution is 2.44. The SMILES string of the molecule is NC#CC[C@@H](CC(=O)OCC1c2ccccc2-c2ccccc21)C(=O)O. The zero-order chi connectivity index (χ0) is 18.5. The highest BCUT2D eigenvalue weighted by molar-refractivity contribution is 5.80. The fourth-order valence-corrected chi connectivity index (χ4v) is 3.30. The number of ether oxygens (including phenoxy) is 1. The van der Waals surface area contributed by atoms with Gasteiger partial charge in [-0.3, -0.25) is 9.59 Å². The lowest BCUT2D eigenvalue weighted by Gasteiger charge is -2.15. The normalized spacial score (nSPS) is 13.1. The predicted molar refractivity (Wildman–Crippen MR) is 97.0 cm³/mol. The molecule has 0 saturated carbocycles. The van der Waals surface area contributed by atoms with Crippen molar-refractivity contribution >= 4 is 11.9 Å². The number of hydrogen-bond donors (Lipinski definition) is 2. The molecule has 0 aliphatic heterocycles.